The van der Waals surface area contributed by atoms with Gasteiger partial charge >= 0.3 is 0 Å². The molecule has 0 aliphatic heterocycles. The van der Waals surface area contributed by atoms with Crippen LogP contribution in [0.1, 0.15) is 37.6 Å². The van der Waals surface area contributed by atoms with E-state index in [0.29, 0.717) is 5.82 Å². The lowest BCUT2D eigenvalue weighted by Crippen LogP contribution is -2.01. The van der Waals surface area contributed by atoms with Gasteiger partial charge < -0.3 is 11.1 Å². The fraction of sp³-hybridized carbons (Fsp3) is 0.538. The van der Waals surface area contributed by atoms with Crippen molar-refractivity contribution in [2.24, 2.45) is 0 Å². The lowest BCUT2D eigenvalue weighted by Gasteiger charge is -2.05. The summed E-state index contributed by atoms with van der Waals surface area (Å²) < 4.78 is 4.24. The first-order valence-electron chi connectivity index (χ1n) is 6.64. The fourth-order valence-corrected chi connectivity index (χ4v) is 3.25. The van der Waals surface area contributed by atoms with Crippen LogP contribution in [0.15, 0.2) is 5.38 Å². The predicted octanol–water partition coefficient (Wildman–Crippen LogP) is 4.15. The Morgan fingerprint density at radius 2 is 2.16 bits per heavy atom. The summed E-state index contributed by atoms with van der Waals surface area (Å²) in [5.41, 5.74) is 7.86. The maximum Gasteiger partial charge on any atom is 0.148 e. The third-order valence-corrected chi connectivity index (χ3v) is 4.50. The number of unbranched alkanes of at least 4 members (excludes halogenated alkanes) is 3. The molecule has 0 fully saturated rings. The number of hydrogen-bond donors (Lipinski definition) is 2. The molecule has 0 radical (unpaired) electrons. The van der Waals surface area contributed by atoms with E-state index in [4.69, 9.17) is 5.73 Å². The number of hydrogen-bond acceptors (Lipinski definition) is 6. The monoisotopic (exact) mass is 296 g/mol. The van der Waals surface area contributed by atoms with E-state index < -0.39 is 0 Å². The molecule has 2 aromatic heterocycles. The Morgan fingerprint density at radius 1 is 1.32 bits per heavy atom. The molecule has 0 atom stereocenters. The van der Waals surface area contributed by atoms with E-state index in [9.17, 15) is 0 Å². The number of nitrogens with zero attached hydrogens (tertiary/aromatic N) is 2. The number of rotatable bonds is 7. The number of nitrogens with one attached hydrogen (secondary N) is 1. The van der Waals surface area contributed by atoms with Gasteiger partial charge in [-0.1, -0.05) is 26.2 Å². The summed E-state index contributed by atoms with van der Waals surface area (Å²) in [7, 11) is 0. The second kappa shape index (κ2) is 6.86. The minimum Gasteiger partial charge on any atom is -0.382 e. The molecule has 0 spiro atoms. The Balaban J connectivity index is 2.02. The lowest BCUT2D eigenvalue weighted by molar-refractivity contribution is 0.685. The van der Waals surface area contributed by atoms with Crippen molar-refractivity contribution < 1.29 is 0 Å². The summed E-state index contributed by atoms with van der Waals surface area (Å²) in [6, 6.07) is 0. The third kappa shape index (κ3) is 3.67. The number of anilines is 2. The zero-order chi connectivity index (χ0) is 13.7. The Labute approximate surface area is 122 Å². The summed E-state index contributed by atoms with van der Waals surface area (Å²) in [5, 5.41) is 7.57. The van der Waals surface area contributed by atoms with Gasteiger partial charge in [0.15, 0.2) is 0 Å². The average Bonchev–Trinajstić information content (AvgIpc) is 2.95. The summed E-state index contributed by atoms with van der Waals surface area (Å²) in [5.74, 6) is 0.575. The van der Waals surface area contributed by atoms with Crippen molar-refractivity contribution in [2.45, 2.75) is 39.5 Å². The average molecular weight is 296 g/mol. The molecule has 0 unspecified atom stereocenters. The molecule has 0 aliphatic carbocycles. The quantitative estimate of drug-likeness (QED) is 0.753. The molecule has 0 aliphatic rings. The van der Waals surface area contributed by atoms with Crippen LogP contribution in [-0.4, -0.2) is 15.9 Å². The number of thiazole rings is 1. The van der Waals surface area contributed by atoms with Crippen LogP contribution < -0.4 is 11.1 Å². The molecule has 104 valence electrons. The molecule has 2 aromatic rings. The summed E-state index contributed by atoms with van der Waals surface area (Å²) in [6.07, 6.45) is 5.01. The molecule has 6 heteroatoms. The van der Waals surface area contributed by atoms with E-state index in [1.165, 1.54) is 37.2 Å². The van der Waals surface area contributed by atoms with Crippen LogP contribution in [0.25, 0.3) is 11.3 Å². The third-order valence-electron chi connectivity index (χ3n) is 2.91. The topological polar surface area (TPSA) is 63.8 Å². The molecule has 3 N–H and O–H groups in total. The van der Waals surface area contributed by atoms with Crippen LogP contribution in [0.4, 0.5) is 10.8 Å². The van der Waals surface area contributed by atoms with Gasteiger partial charge in [-0.05, 0) is 24.9 Å². The lowest BCUT2D eigenvalue weighted by atomic mass is 10.2. The van der Waals surface area contributed by atoms with Gasteiger partial charge in [-0.15, -0.1) is 11.3 Å². The molecule has 0 saturated carbocycles. The summed E-state index contributed by atoms with van der Waals surface area (Å²) in [4.78, 5) is 4.50. The van der Waals surface area contributed by atoms with Crippen LogP contribution in [0.5, 0.6) is 0 Å². The van der Waals surface area contributed by atoms with Gasteiger partial charge in [-0.2, -0.15) is 4.37 Å². The minimum atomic E-state index is 0.575. The standard InChI is InChI=1S/C13H20N4S2/c1-3-4-5-6-7-15-13-11(12(14)17-19-13)10-8-18-9(2)16-10/h8,15H,3-7H2,1-2H3,(H2,14,17). The molecule has 4 nitrogen and oxygen atoms in total. The smallest absolute Gasteiger partial charge is 0.148 e. The molecule has 0 saturated heterocycles. The van der Waals surface area contributed by atoms with Crippen molar-refractivity contribution in [1.29, 1.82) is 0 Å². The van der Waals surface area contributed by atoms with Crippen LogP contribution in [0, 0.1) is 6.92 Å². The zero-order valence-electron chi connectivity index (χ0n) is 11.4. The van der Waals surface area contributed by atoms with Gasteiger partial charge in [0.25, 0.3) is 0 Å². The van der Waals surface area contributed by atoms with Crippen molar-refractivity contribution in [2.75, 3.05) is 17.6 Å². The molecule has 0 amide bonds. The van der Waals surface area contributed by atoms with Gasteiger partial charge in [0.05, 0.1) is 16.3 Å². The highest BCUT2D eigenvalue weighted by molar-refractivity contribution is 7.11. The van der Waals surface area contributed by atoms with Crippen molar-refractivity contribution in [1.82, 2.24) is 9.36 Å². The normalized spacial score (nSPS) is 10.8. The van der Waals surface area contributed by atoms with Crippen LogP contribution in [0.3, 0.4) is 0 Å². The molecule has 19 heavy (non-hydrogen) atoms. The second-order valence-electron chi connectivity index (χ2n) is 4.51. The van der Waals surface area contributed by atoms with E-state index in [1.54, 1.807) is 11.3 Å². The van der Waals surface area contributed by atoms with Crippen LogP contribution in [-0.2, 0) is 0 Å². The van der Waals surface area contributed by atoms with Gasteiger partial charge in [0, 0.05) is 11.9 Å². The highest BCUT2D eigenvalue weighted by atomic mass is 32.1. The second-order valence-corrected chi connectivity index (χ2v) is 6.35. The first kappa shape index (κ1) is 14.3. The predicted molar refractivity (Wildman–Crippen MR) is 85.0 cm³/mol. The molecule has 0 bridgehead atoms. The number of nitrogens with two attached hydrogens (primary N) is 1. The maximum atomic E-state index is 5.96. The highest BCUT2D eigenvalue weighted by Crippen LogP contribution is 2.36. The minimum absolute atomic E-state index is 0.575. The first-order valence-corrected chi connectivity index (χ1v) is 8.29. The van der Waals surface area contributed by atoms with Gasteiger partial charge in [-0.25, -0.2) is 4.98 Å². The van der Waals surface area contributed by atoms with Gasteiger partial charge in [-0.3, -0.25) is 0 Å². The first-order chi connectivity index (χ1) is 9.22. The van der Waals surface area contributed by atoms with E-state index in [0.717, 1.165) is 27.8 Å². The van der Waals surface area contributed by atoms with Crippen molar-refractivity contribution >= 4 is 33.7 Å². The molecule has 2 heterocycles. The van der Waals surface area contributed by atoms with Crippen molar-refractivity contribution in [3.8, 4) is 11.3 Å². The Bertz CT molecular complexity index is 518. The zero-order valence-corrected chi connectivity index (χ0v) is 13.0. The molecular formula is C13H20N4S2. The van der Waals surface area contributed by atoms with E-state index in [2.05, 4.69) is 21.6 Å². The molecular weight excluding hydrogens is 276 g/mol. The van der Waals surface area contributed by atoms with Crippen LogP contribution in [0.2, 0.25) is 0 Å². The largest absolute Gasteiger partial charge is 0.382 e. The maximum absolute atomic E-state index is 5.96. The van der Waals surface area contributed by atoms with Crippen LogP contribution >= 0.6 is 22.9 Å². The molecule has 2 rings (SSSR count). The number of aromatic nitrogens is 2. The van der Waals surface area contributed by atoms with Gasteiger partial charge in [0.1, 0.15) is 10.8 Å². The van der Waals surface area contributed by atoms with Crippen molar-refractivity contribution in [3.63, 3.8) is 0 Å². The SMILES string of the molecule is CCCCCCNc1snc(N)c1-c1csc(C)n1. The van der Waals surface area contributed by atoms with E-state index >= 15 is 0 Å². The van der Waals surface area contributed by atoms with Crippen molar-refractivity contribution in [3.05, 3.63) is 10.4 Å². The summed E-state index contributed by atoms with van der Waals surface area (Å²) in [6.45, 7) is 5.19. The summed E-state index contributed by atoms with van der Waals surface area (Å²) >= 11 is 3.06. The fourth-order valence-electron chi connectivity index (χ4n) is 1.90. The Kier molecular flexibility index (Phi) is 5.15. The number of nitrogen functional groups attached to an aromatic ring is 1. The van der Waals surface area contributed by atoms with E-state index in [1.807, 2.05) is 12.3 Å². The highest BCUT2D eigenvalue weighted by Gasteiger charge is 2.15. The molecule has 0 aromatic carbocycles. The van der Waals surface area contributed by atoms with Gasteiger partial charge in [0.2, 0.25) is 0 Å². The van der Waals surface area contributed by atoms with E-state index in [-0.39, 0.29) is 0 Å². The Hall–Kier alpha value is -1.14. The Morgan fingerprint density at radius 3 is 2.84 bits per heavy atom. The number of aryl methyl sites for hydroxylation is 1.